The lowest BCUT2D eigenvalue weighted by molar-refractivity contribution is -0.202. The Bertz CT molecular complexity index is 1010. The van der Waals surface area contributed by atoms with Crippen molar-refractivity contribution in [1.29, 1.82) is 0 Å². The summed E-state index contributed by atoms with van der Waals surface area (Å²) in [4.78, 5) is 14.4. The number of ether oxygens (including phenoxy) is 2. The number of aliphatic hydroxyl groups is 1. The van der Waals surface area contributed by atoms with Gasteiger partial charge in [-0.25, -0.2) is 0 Å². The van der Waals surface area contributed by atoms with E-state index in [1.165, 1.54) is 5.56 Å². The van der Waals surface area contributed by atoms with Crippen molar-refractivity contribution in [2.45, 2.75) is 62.6 Å². The summed E-state index contributed by atoms with van der Waals surface area (Å²) < 4.78 is 12.5. The molecule has 186 valence electrons. The van der Waals surface area contributed by atoms with Crippen LogP contribution < -0.4 is 5.32 Å². The number of benzene rings is 2. The van der Waals surface area contributed by atoms with Crippen molar-refractivity contribution >= 4 is 5.91 Å². The van der Waals surface area contributed by atoms with Gasteiger partial charge < -0.3 is 24.8 Å². The number of aryl methyl sites for hydroxylation is 1. The fourth-order valence-corrected chi connectivity index (χ4v) is 4.85. The number of nitrogens with zero attached hydrogens (tertiary/aromatic N) is 1. The zero-order chi connectivity index (χ0) is 24.6. The van der Waals surface area contributed by atoms with E-state index in [9.17, 15) is 9.90 Å². The second-order valence-electron chi connectivity index (χ2n) is 9.77. The zero-order valence-corrected chi connectivity index (χ0v) is 20.7. The molecule has 0 bridgehead atoms. The first-order chi connectivity index (χ1) is 17.0. The van der Waals surface area contributed by atoms with Crippen LogP contribution in [0.5, 0.6) is 0 Å². The third kappa shape index (κ3) is 7.39. The van der Waals surface area contributed by atoms with Crippen LogP contribution in [-0.2, 0) is 20.7 Å². The van der Waals surface area contributed by atoms with Crippen LogP contribution >= 0.6 is 0 Å². The SMILES string of the molecule is CN(C)CC(=O)N[C@H]1C[C@@H]2O[C@H](CO)CC[C@@H]2O[C@@H]1CCc1ccc(C#Cc2ccccc2)cc1. The number of likely N-dealkylation sites (N-methyl/N-ethyl adjacent to an activating group) is 1. The molecule has 2 aliphatic heterocycles. The van der Waals surface area contributed by atoms with E-state index in [0.717, 1.165) is 36.8 Å². The van der Waals surface area contributed by atoms with Crippen LogP contribution in [0.25, 0.3) is 0 Å². The summed E-state index contributed by atoms with van der Waals surface area (Å²) in [6.45, 7) is 0.360. The topological polar surface area (TPSA) is 71.0 Å². The number of aliphatic hydroxyl groups excluding tert-OH is 1. The van der Waals surface area contributed by atoms with Gasteiger partial charge in [-0.1, -0.05) is 42.2 Å². The Morgan fingerprint density at radius 3 is 2.40 bits per heavy atom. The van der Waals surface area contributed by atoms with Crippen LogP contribution in [0.15, 0.2) is 54.6 Å². The minimum atomic E-state index is -0.141. The molecular weight excluding hydrogens is 440 g/mol. The van der Waals surface area contributed by atoms with Gasteiger partial charge in [0.05, 0.1) is 43.6 Å². The highest BCUT2D eigenvalue weighted by molar-refractivity contribution is 5.78. The van der Waals surface area contributed by atoms with Gasteiger partial charge >= 0.3 is 0 Å². The number of hydrogen-bond donors (Lipinski definition) is 2. The maximum Gasteiger partial charge on any atom is 0.234 e. The Morgan fingerprint density at radius 2 is 1.71 bits per heavy atom. The monoisotopic (exact) mass is 476 g/mol. The van der Waals surface area contributed by atoms with Crippen molar-refractivity contribution in [3.63, 3.8) is 0 Å². The van der Waals surface area contributed by atoms with Gasteiger partial charge in [-0.2, -0.15) is 0 Å². The molecule has 2 aromatic carbocycles. The lowest BCUT2D eigenvalue weighted by atomic mass is 9.88. The number of carbonyl (C=O) groups excluding carboxylic acids is 1. The zero-order valence-electron chi connectivity index (χ0n) is 20.7. The number of carbonyl (C=O) groups is 1. The molecule has 2 saturated heterocycles. The Morgan fingerprint density at radius 1 is 1.00 bits per heavy atom. The summed E-state index contributed by atoms with van der Waals surface area (Å²) in [6.07, 6.45) is 3.76. The van der Waals surface area contributed by atoms with Gasteiger partial charge in [0.1, 0.15) is 0 Å². The first-order valence-electron chi connectivity index (χ1n) is 12.5. The molecule has 0 saturated carbocycles. The summed E-state index contributed by atoms with van der Waals surface area (Å²) in [5.41, 5.74) is 3.21. The summed E-state index contributed by atoms with van der Waals surface area (Å²) in [6, 6.07) is 18.2. The van der Waals surface area contributed by atoms with Crippen molar-refractivity contribution in [3.05, 3.63) is 71.3 Å². The molecule has 6 nitrogen and oxygen atoms in total. The second kappa shape index (κ2) is 12.3. The highest BCUT2D eigenvalue weighted by Gasteiger charge is 2.42. The van der Waals surface area contributed by atoms with Crippen molar-refractivity contribution in [1.82, 2.24) is 10.2 Å². The maximum atomic E-state index is 12.5. The van der Waals surface area contributed by atoms with Crippen LogP contribution in [-0.4, -0.2) is 73.6 Å². The molecule has 0 spiro atoms. The number of rotatable bonds is 7. The standard InChI is InChI=1S/C29H36N2O4/c1-31(2)19-29(33)30-25-18-28-27(17-15-24(20-32)34-28)35-26(25)16-14-23-12-10-22(11-13-23)9-8-21-6-4-3-5-7-21/h3-7,10-13,24-28,32H,14-20H2,1-2H3,(H,30,33)/t24-,25-,26+,27-,28-/m0/s1. The Labute approximate surface area is 208 Å². The third-order valence-corrected chi connectivity index (χ3v) is 6.65. The molecule has 1 amide bonds. The van der Waals surface area contributed by atoms with Crippen molar-refractivity contribution in [3.8, 4) is 11.8 Å². The highest BCUT2D eigenvalue weighted by atomic mass is 16.6. The van der Waals surface area contributed by atoms with E-state index in [1.54, 1.807) is 0 Å². The molecule has 35 heavy (non-hydrogen) atoms. The lowest BCUT2D eigenvalue weighted by Crippen LogP contribution is -2.58. The molecule has 2 aromatic rings. The fraction of sp³-hybridized carbons (Fsp3) is 0.483. The van der Waals surface area contributed by atoms with Gasteiger partial charge in [-0.05, 0) is 76.0 Å². The second-order valence-corrected chi connectivity index (χ2v) is 9.77. The van der Waals surface area contributed by atoms with Gasteiger partial charge in [0.2, 0.25) is 5.91 Å². The van der Waals surface area contributed by atoms with E-state index in [-0.39, 0.29) is 43.0 Å². The van der Waals surface area contributed by atoms with Gasteiger partial charge in [0.15, 0.2) is 0 Å². The summed E-state index contributed by atoms with van der Waals surface area (Å²) in [5, 5.41) is 12.7. The van der Waals surface area contributed by atoms with Crippen LogP contribution in [0.2, 0.25) is 0 Å². The van der Waals surface area contributed by atoms with Crippen molar-refractivity contribution in [2.75, 3.05) is 27.2 Å². The normalized spacial score (nSPS) is 25.9. The van der Waals surface area contributed by atoms with Crippen LogP contribution in [0, 0.1) is 11.8 Å². The molecule has 0 aliphatic carbocycles. The van der Waals surface area contributed by atoms with E-state index >= 15 is 0 Å². The molecule has 0 unspecified atom stereocenters. The number of nitrogens with one attached hydrogen (secondary N) is 1. The maximum absolute atomic E-state index is 12.5. The predicted octanol–water partition coefficient (Wildman–Crippen LogP) is 2.76. The molecule has 4 rings (SSSR count). The van der Waals surface area contributed by atoms with Gasteiger partial charge in [0.25, 0.3) is 0 Å². The van der Waals surface area contributed by atoms with E-state index in [0.29, 0.717) is 13.0 Å². The predicted molar refractivity (Wildman–Crippen MR) is 136 cm³/mol. The first-order valence-corrected chi connectivity index (χ1v) is 12.5. The molecule has 0 aromatic heterocycles. The molecule has 2 heterocycles. The fourth-order valence-electron chi connectivity index (χ4n) is 4.85. The third-order valence-electron chi connectivity index (χ3n) is 6.65. The summed E-state index contributed by atoms with van der Waals surface area (Å²) in [5.74, 6) is 6.40. The van der Waals surface area contributed by atoms with Crippen LogP contribution in [0.1, 0.15) is 42.4 Å². The van der Waals surface area contributed by atoms with Crippen molar-refractivity contribution in [2.24, 2.45) is 0 Å². The molecule has 5 atom stereocenters. The van der Waals surface area contributed by atoms with E-state index in [2.05, 4.69) is 41.4 Å². The molecule has 0 radical (unpaired) electrons. The molecule has 2 aliphatic rings. The molecule has 2 N–H and O–H groups in total. The quantitative estimate of drug-likeness (QED) is 0.602. The Kier molecular flexibility index (Phi) is 8.95. The minimum absolute atomic E-state index is 0.0112. The minimum Gasteiger partial charge on any atom is -0.394 e. The smallest absolute Gasteiger partial charge is 0.234 e. The average Bonchev–Trinajstić information content (AvgIpc) is 2.86. The van der Waals surface area contributed by atoms with Gasteiger partial charge in [-0.15, -0.1) is 0 Å². The number of hydrogen-bond acceptors (Lipinski definition) is 5. The lowest BCUT2D eigenvalue weighted by Gasteiger charge is -2.45. The first kappa shape index (κ1) is 25.4. The molecular formula is C29H36N2O4. The van der Waals surface area contributed by atoms with Crippen LogP contribution in [0.3, 0.4) is 0 Å². The summed E-state index contributed by atoms with van der Waals surface area (Å²) in [7, 11) is 3.77. The highest BCUT2D eigenvalue weighted by Crippen LogP contribution is 2.33. The molecule has 2 fully saturated rings. The van der Waals surface area contributed by atoms with E-state index in [1.807, 2.05) is 49.3 Å². The van der Waals surface area contributed by atoms with E-state index < -0.39 is 0 Å². The molecule has 6 heteroatoms. The average molecular weight is 477 g/mol. The van der Waals surface area contributed by atoms with Crippen LogP contribution in [0.4, 0.5) is 0 Å². The Hall–Kier alpha value is -2.69. The summed E-state index contributed by atoms with van der Waals surface area (Å²) >= 11 is 0. The number of fused-ring (bicyclic) bond motifs is 1. The largest absolute Gasteiger partial charge is 0.394 e. The van der Waals surface area contributed by atoms with Gasteiger partial charge in [0, 0.05) is 11.1 Å². The van der Waals surface area contributed by atoms with Crippen molar-refractivity contribution < 1.29 is 19.4 Å². The Balaban J connectivity index is 1.38. The van der Waals surface area contributed by atoms with E-state index in [4.69, 9.17) is 9.47 Å². The number of amides is 1. The van der Waals surface area contributed by atoms with Gasteiger partial charge in [-0.3, -0.25) is 4.79 Å².